The Labute approximate surface area is 257 Å². The molecule has 1 aliphatic heterocycles. The van der Waals surface area contributed by atoms with Gasteiger partial charge in [-0.3, -0.25) is 9.36 Å². The molecule has 0 spiro atoms. The monoisotopic (exact) mass is 639 g/mol. The van der Waals surface area contributed by atoms with Gasteiger partial charge in [-0.15, -0.1) is 5.10 Å². The second-order valence-electron chi connectivity index (χ2n) is 11.2. The van der Waals surface area contributed by atoms with Crippen LogP contribution in [0.5, 0.6) is 5.75 Å². The maximum absolute atomic E-state index is 14.0. The lowest BCUT2D eigenvalue weighted by molar-refractivity contribution is -0.192. The molecule has 0 bridgehead atoms. The summed E-state index contributed by atoms with van der Waals surface area (Å²) in [6.45, 7) is 7.98. The Bertz CT molecular complexity index is 1520. The van der Waals surface area contributed by atoms with Crippen molar-refractivity contribution in [1.29, 1.82) is 0 Å². The van der Waals surface area contributed by atoms with Gasteiger partial charge in [-0.25, -0.2) is 14.0 Å². The molecule has 11 nitrogen and oxygen atoms in total. The predicted octanol–water partition coefficient (Wildman–Crippen LogP) is 3.40. The number of hydrogen-bond donors (Lipinski definition) is 3. The lowest BCUT2D eigenvalue weighted by Crippen LogP contribution is -2.43. The minimum Gasteiger partial charge on any atom is -0.494 e. The van der Waals surface area contributed by atoms with Gasteiger partial charge in [0.05, 0.1) is 18.4 Å². The van der Waals surface area contributed by atoms with Crippen LogP contribution in [0.1, 0.15) is 39.2 Å². The Morgan fingerprint density at radius 2 is 1.71 bits per heavy atom. The first-order chi connectivity index (χ1) is 21.0. The molecule has 1 amide bonds. The molecule has 1 fully saturated rings. The minimum atomic E-state index is -5.08. The normalized spacial score (nSPS) is 14.9. The minimum absolute atomic E-state index is 0.0179. The number of halogens is 4. The first-order valence-electron chi connectivity index (χ1n) is 14.2. The SMILES string of the molecule is COc1cc(-c2nn(-c3ccc(CCN4CCC(C)(O)CC4)cc3)c(=O)n2CC(=O)NC(C)C)ccc1F.O=C(O)C(F)(F)F. The lowest BCUT2D eigenvalue weighted by Gasteiger charge is -2.35. The first kappa shape index (κ1) is 35.2. The number of carbonyl (C=O) groups is 2. The summed E-state index contributed by atoms with van der Waals surface area (Å²) in [6.07, 6.45) is -2.69. The zero-order chi connectivity index (χ0) is 33.5. The van der Waals surface area contributed by atoms with Crippen LogP contribution in [0, 0.1) is 5.82 Å². The molecule has 246 valence electrons. The van der Waals surface area contributed by atoms with E-state index in [9.17, 15) is 32.3 Å². The van der Waals surface area contributed by atoms with Gasteiger partial charge in [0.2, 0.25) is 5.91 Å². The van der Waals surface area contributed by atoms with Crippen molar-refractivity contribution >= 4 is 11.9 Å². The second kappa shape index (κ2) is 14.7. The van der Waals surface area contributed by atoms with Gasteiger partial charge in [0.15, 0.2) is 17.4 Å². The van der Waals surface area contributed by atoms with Gasteiger partial charge in [0.1, 0.15) is 6.54 Å². The standard InChI is InChI=1S/C28H36FN5O4.C2HF3O2/c1-19(2)30-25(35)18-33-26(21-7-10-23(29)24(17-21)38-4)31-34(27(33)36)22-8-5-20(6-9-22)11-14-32-15-12-28(3,37)13-16-32;3-2(4,5)1(6)7/h5-10,17,19,37H,11-16,18H2,1-4H3,(H,30,35);(H,6,7). The molecule has 0 saturated carbocycles. The summed E-state index contributed by atoms with van der Waals surface area (Å²) in [6, 6.07) is 11.7. The largest absolute Gasteiger partial charge is 0.494 e. The number of likely N-dealkylation sites (tertiary alicyclic amines) is 1. The van der Waals surface area contributed by atoms with Gasteiger partial charge >= 0.3 is 17.8 Å². The molecule has 0 atom stereocenters. The van der Waals surface area contributed by atoms with Gasteiger partial charge in [0.25, 0.3) is 0 Å². The summed E-state index contributed by atoms with van der Waals surface area (Å²) < 4.78 is 53.4. The van der Waals surface area contributed by atoms with Gasteiger partial charge < -0.3 is 25.2 Å². The molecule has 2 heterocycles. The number of hydrogen-bond acceptors (Lipinski definition) is 7. The van der Waals surface area contributed by atoms with Crippen LogP contribution in [0.2, 0.25) is 0 Å². The van der Waals surface area contributed by atoms with E-state index >= 15 is 0 Å². The summed E-state index contributed by atoms with van der Waals surface area (Å²) in [5.74, 6) is -3.37. The van der Waals surface area contributed by atoms with Gasteiger partial charge in [0, 0.05) is 31.2 Å². The predicted molar refractivity (Wildman–Crippen MR) is 157 cm³/mol. The highest BCUT2D eigenvalue weighted by Crippen LogP contribution is 2.25. The molecule has 1 aromatic heterocycles. The van der Waals surface area contributed by atoms with Crippen molar-refractivity contribution < 1.29 is 42.1 Å². The van der Waals surface area contributed by atoms with Crippen LogP contribution >= 0.6 is 0 Å². The van der Waals surface area contributed by atoms with E-state index < -0.39 is 29.3 Å². The average molecular weight is 640 g/mol. The Hall–Kier alpha value is -4.24. The highest BCUT2D eigenvalue weighted by atomic mass is 19.4. The second-order valence-corrected chi connectivity index (χ2v) is 11.2. The quantitative estimate of drug-likeness (QED) is 0.303. The van der Waals surface area contributed by atoms with Crippen LogP contribution in [0.25, 0.3) is 17.1 Å². The molecule has 1 aliphatic rings. The number of carbonyl (C=O) groups excluding carboxylic acids is 1. The number of aliphatic carboxylic acids is 1. The molecular weight excluding hydrogens is 602 g/mol. The molecule has 15 heteroatoms. The van der Waals surface area contributed by atoms with E-state index in [1.165, 1.54) is 34.6 Å². The summed E-state index contributed by atoms with van der Waals surface area (Å²) in [7, 11) is 1.36. The van der Waals surface area contributed by atoms with E-state index in [0.29, 0.717) is 11.3 Å². The van der Waals surface area contributed by atoms with Crippen LogP contribution in [0.3, 0.4) is 0 Å². The fraction of sp³-hybridized carbons (Fsp3) is 0.467. The Morgan fingerprint density at radius 1 is 1.11 bits per heavy atom. The molecule has 45 heavy (non-hydrogen) atoms. The maximum atomic E-state index is 14.0. The third-order valence-electron chi connectivity index (χ3n) is 7.10. The van der Waals surface area contributed by atoms with Crippen molar-refractivity contribution in [1.82, 2.24) is 24.6 Å². The number of carboxylic acid groups (broad SMARTS) is 1. The van der Waals surface area contributed by atoms with E-state index in [2.05, 4.69) is 15.3 Å². The number of aromatic nitrogens is 3. The molecule has 0 radical (unpaired) electrons. The number of amides is 1. The fourth-order valence-corrected chi connectivity index (χ4v) is 4.58. The molecule has 4 rings (SSSR count). The number of ether oxygens (including phenoxy) is 1. The third kappa shape index (κ3) is 9.88. The van der Waals surface area contributed by atoms with Crippen LogP contribution in [-0.4, -0.2) is 85.9 Å². The summed E-state index contributed by atoms with van der Waals surface area (Å²) in [5, 5.41) is 24.6. The molecule has 1 saturated heterocycles. The van der Waals surface area contributed by atoms with E-state index in [1.54, 1.807) is 0 Å². The zero-order valence-electron chi connectivity index (χ0n) is 25.4. The number of rotatable bonds is 9. The smallest absolute Gasteiger partial charge is 0.490 e. The molecule has 0 aliphatic carbocycles. The summed E-state index contributed by atoms with van der Waals surface area (Å²) in [4.78, 5) is 37.2. The first-order valence-corrected chi connectivity index (χ1v) is 14.2. The molecule has 0 unspecified atom stereocenters. The van der Waals surface area contributed by atoms with E-state index in [1.807, 2.05) is 45.0 Å². The average Bonchev–Trinajstić information content (AvgIpc) is 3.27. The topological polar surface area (TPSA) is 139 Å². The van der Waals surface area contributed by atoms with Crippen molar-refractivity contribution in [2.75, 3.05) is 26.7 Å². The van der Waals surface area contributed by atoms with Crippen molar-refractivity contribution in [3.05, 3.63) is 64.3 Å². The van der Waals surface area contributed by atoms with Crippen LogP contribution in [0.4, 0.5) is 17.6 Å². The molecule has 2 aromatic carbocycles. The Morgan fingerprint density at radius 3 is 2.24 bits per heavy atom. The number of methoxy groups -OCH3 is 1. The highest BCUT2D eigenvalue weighted by Gasteiger charge is 2.38. The number of nitrogens with zero attached hydrogens (tertiary/aromatic N) is 4. The zero-order valence-corrected chi connectivity index (χ0v) is 25.4. The summed E-state index contributed by atoms with van der Waals surface area (Å²) in [5.41, 5.74) is 1.09. The lowest BCUT2D eigenvalue weighted by atomic mass is 9.93. The number of carboxylic acids is 1. The van der Waals surface area contributed by atoms with Crippen molar-refractivity contribution in [3.8, 4) is 22.8 Å². The molecule has 3 aromatic rings. The molecular formula is C30H37F4N5O6. The number of benzene rings is 2. The third-order valence-corrected chi connectivity index (χ3v) is 7.10. The highest BCUT2D eigenvalue weighted by molar-refractivity contribution is 5.76. The van der Waals surface area contributed by atoms with Crippen LogP contribution in [-0.2, 0) is 22.6 Å². The Balaban J connectivity index is 0.000000707. The van der Waals surface area contributed by atoms with Crippen LogP contribution in [0.15, 0.2) is 47.3 Å². The van der Waals surface area contributed by atoms with Crippen molar-refractivity contribution in [2.24, 2.45) is 0 Å². The summed E-state index contributed by atoms with van der Waals surface area (Å²) >= 11 is 0. The number of aliphatic hydroxyl groups is 1. The van der Waals surface area contributed by atoms with E-state index in [0.717, 1.165) is 44.5 Å². The number of piperidine rings is 1. The van der Waals surface area contributed by atoms with Gasteiger partial charge in [-0.2, -0.15) is 17.9 Å². The van der Waals surface area contributed by atoms with Gasteiger partial charge in [-0.1, -0.05) is 12.1 Å². The number of alkyl halides is 3. The van der Waals surface area contributed by atoms with Crippen molar-refractivity contribution in [3.63, 3.8) is 0 Å². The Kier molecular flexibility index (Phi) is 11.5. The maximum Gasteiger partial charge on any atom is 0.490 e. The van der Waals surface area contributed by atoms with E-state index in [4.69, 9.17) is 14.6 Å². The fourth-order valence-electron chi connectivity index (χ4n) is 4.58. The van der Waals surface area contributed by atoms with E-state index in [-0.39, 0.29) is 30.1 Å². The number of nitrogens with one attached hydrogen (secondary N) is 1. The van der Waals surface area contributed by atoms with Crippen molar-refractivity contribution in [2.45, 2.75) is 64.4 Å². The molecule has 3 N–H and O–H groups in total. The van der Waals surface area contributed by atoms with Crippen LogP contribution < -0.4 is 15.7 Å². The van der Waals surface area contributed by atoms with Gasteiger partial charge in [-0.05, 0) is 75.9 Å².